The molecule has 3 nitrogen and oxygen atoms in total. The smallest absolute Gasteiger partial charge is 0.328 e. The van der Waals surface area contributed by atoms with Crippen molar-refractivity contribution in [3.63, 3.8) is 0 Å². The van der Waals surface area contributed by atoms with Gasteiger partial charge in [0.15, 0.2) is 0 Å². The number of carbonyl (C=O) groups is 1. The molecule has 1 saturated heterocycles. The van der Waals surface area contributed by atoms with Crippen LogP contribution < -0.4 is 4.90 Å². The van der Waals surface area contributed by atoms with Crippen LogP contribution in [0.2, 0.25) is 0 Å². The van der Waals surface area contributed by atoms with E-state index in [0.29, 0.717) is 5.25 Å². The van der Waals surface area contributed by atoms with Gasteiger partial charge in [0.2, 0.25) is 0 Å². The Bertz CT molecular complexity index is 504. The molecule has 1 fully saturated rings. The van der Waals surface area contributed by atoms with Gasteiger partial charge in [-0.1, -0.05) is 28.9 Å². The first-order valence-electron chi connectivity index (χ1n) is 6.13. The van der Waals surface area contributed by atoms with Crippen molar-refractivity contribution in [2.24, 2.45) is 0 Å². The van der Waals surface area contributed by atoms with Gasteiger partial charge >= 0.3 is 5.97 Å². The fourth-order valence-electron chi connectivity index (χ4n) is 2.06. The molecule has 0 amide bonds. The second kappa shape index (κ2) is 6.48. The third-order valence-electron chi connectivity index (χ3n) is 3.00. The maximum Gasteiger partial charge on any atom is 0.328 e. The quantitative estimate of drug-likeness (QED) is 0.854. The van der Waals surface area contributed by atoms with Crippen molar-refractivity contribution in [1.82, 2.24) is 0 Å². The summed E-state index contributed by atoms with van der Waals surface area (Å²) in [4.78, 5) is 12.9. The van der Waals surface area contributed by atoms with E-state index < -0.39 is 5.97 Å². The lowest BCUT2D eigenvalue weighted by atomic mass is 10.1. The summed E-state index contributed by atoms with van der Waals surface area (Å²) in [7, 11) is 0. The summed E-state index contributed by atoms with van der Waals surface area (Å²) in [5, 5.41) is 9.29. The summed E-state index contributed by atoms with van der Waals surface area (Å²) >= 11 is 5.51. The molecule has 5 heteroatoms. The van der Waals surface area contributed by atoms with Crippen LogP contribution in [0, 0.1) is 0 Å². The highest BCUT2D eigenvalue weighted by Crippen LogP contribution is 2.28. The molecule has 1 N–H and O–H groups in total. The van der Waals surface area contributed by atoms with Crippen LogP contribution in [0.15, 0.2) is 28.7 Å². The van der Waals surface area contributed by atoms with Gasteiger partial charge in [-0.05, 0) is 23.8 Å². The van der Waals surface area contributed by atoms with Crippen molar-refractivity contribution in [3.8, 4) is 0 Å². The molecule has 1 heterocycles. The van der Waals surface area contributed by atoms with E-state index in [-0.39, 0.29) is 0 Å². The zero-order valence-electron chi connectivity index (χ0n) is 10.7. The lowest BCUT2D eigenvalue weighted by Gasteiger charge is -2.32. The first kappa shape index (κ1) is 14.5. The van der Waals surface area contributed by atoms with E-state index in [2.05, 4.69) is 39.9 Å². The van der Waals surface area contributed by atoms with Gasteiger partial charge in [0.05, 0.1) is 0 Å². The number of benzene rings is 1. The molecule has 0 saturated carbocycles. The topological polar surface area (TPSA) is 40.5 Å². The van der Waals surface area contributed by atoms with Crippen LogP contribution in [-0.2, 0) is 4.79 Å². The van der Waals surface area contributed by atoms with E-state index in [9.17, 15) is 4.79 Å². The Labute approximate surface area is 125 Å². The van der Waals surface area contributed by atoms with Crippen LogP contribution in [0.5, 0.6) is 0 Å². The summed E-state index contributed by atoms with van der Waals surface area (Å²) < 4.78 is 0.924. The third-order valence-corrected chi connectivity index (χ3v) is 4.82. The molecule has 0 spiro atoms. The Balaban J connectivity index is 2.16. The van der Waals surface area contributed by atoms with Gasteiger partial charge in [0.25, 0.3) is 0 Å². The standard InChI is InChI=1S/C14H16BrNO2S/c1-10-9-16(6-7-19-10)12-4-2-11(13(15)8-12)3-5-14(17)18/h2-5,8,10H,6-7,9H2,1H3,(H,17,18)/b5-3+. The number of anilines is 1. The van der Waals surface area contributed by atoms with Crippen molar-refractivity contribution < 1.29 is 9.90 Å². The fourth-order valence-corrected chi connectivity index (χ4v) is 3.57. The normalized spacial score (nSPS) is 19.9. The Morgan fingerprint density at radius 1 is 1.58 bits per heavy atom. The van der Waals surface area contributed by atoms with Crippen molar-refractivity contribution in [2.75, 3.05) is 23.7 Å². The maximum absolute atomic E-state index is 10.5. The predicted molar refractivity (Wildman–Crippen MR) is 84.9 cm³/mol. The molecule has 1 aliphatic heterocycles. The zero-order valence-corrected chi connectivity index (χ0v) is 13.1. The van der Waals surface area contributed by atoms with Crippen LogP contribution in [0.4, 0.5) is 5.69 Å². The van der Waals surface area contributed by atoms with Crippen LogP contribution >= 0.6 is 27.7 Å². The first-order chi connectivity index (χ1) is 9.06. The monoisotopic (exact) mass is 341 g/mol. The van der Waals surface area contributed by atoms with Crippen molar-refractivity contribution >= 4 is 45.4 Å². The minimum absolute atomic E-state index is 0.652. The molecule has 19 heavy (non-hydrogen) atoms. The minimum Gasteiger partial charge on any atom is -0.478 e. The second-order valence-corrected chi connectivity index (χ2v) is 6.91. The van der Waals surface area contributed by atoms with Gasteiger partial charge in [-0.25, -0.2) is 4.79 Å². The van der Waals surface area contributed by atoms with Crippen LogP contribution in [0.3, 0.4) is 0 Å². The molecule has 102 valence electrons. The van der Waals surface area contributed by atoms with E-state index in [1.54, 1.807) is 6.08 Å². The predicted octanol–water partition coefficient (Wildman–Crippen LogP) is 3.49. The molecule has 0 bridgehead atoms. The molecule has 0 aromatic heterocycles. The van der Waals surface area contributed by atoms with Crippen LogP contribution in [0.1, 0.15) is 12.5 Å². The van der Waals surface area contributed by atoms with E-state index in [1.165, 1.54) is 5.69 Å². The van der Waals surface area contributed by atoms with Gasteiger partial charge in [-0.15, -0.1) is 0 Å². The van der Waals surface area contributed by atoms with Crippen molar-refractivity contribution in [1.29, 1.82) is 0 Å². The van der Waals surface area contributed by atoms with Crippen molar-refractivity contribution in [2.45, 2.75) is 12.2 Å². The summed E-state index contributed by atoms with van der Waals surface area (Å²) in [6, 6.07) is 6.06. The fraction of sp³-hybridized carbons (Fsp3) is 0.357. The number of nitrogens with zero attached hydrogens (tertiary/aromatic N) is 1. The molecule has 1 atom stereocenters. The number of rotatable bonds is 3. The van der Waals surface area contributed by atoms with E-state index >= 15 is 0 Å². The van der Waals surface area contributed by atoms with Crippen LogP contribution in [0.25, 0.3) is 6.08 Å². The lowest BCUT2D eigenvalue weighted by Crippen LogP contribution is -2.36. The average Bonchev–Trinajstić information content (AvgIpc) is 2.37. The second-order valence-electron chi connectivity index (χ2n) is 4.50. The van der Waals surface area contributed by atoms with E-state index in [4.69, 9.17) is 5.11 Å². The Morgan fingerprint density at radius 2 is 2.37 bits per heavy atom. The first-order valence-corrected chi connectivity index (χ1v) is 7.97. The summed E-state index contributed by atoms with van der Waals surface area (Å²) in [6.07, 6.45) is 2.75. The number of halogens is 1. The summed E-state index contributed by atoms with van der Waals surface area (Å²) in [5.74, 6) is 0.220. The van der Waals surface area contributed by atoms with Gasteiger partial charge < -0.3 is 10.0 Å². The Kier molecular flexibility index (Phi) is 4.93. The Hall–Kier alpha value is -0.940. The van der Waals surface area contributed by atoms with Crippen molar-refractivity contribution in [3.05, 3.63) is 34.3 Å². The highest BCUT2D eigenvalue weighted by molar-refractivity contribution is 9.10. The average molecular weight is 342 g/mol. The van der Waals surface area contributed by atoms with Crippen LogP contribution in [-0.4, -0.2) is 35.2 Å². The van der Waals surface area contributed by atoms with Gasteiger partial charge in [0.1, 0.15) is 0 Å². The number of hydrogen-bond donors (Lipinski definition) is 1. The molecule has 0 radical (unpaired) electrons. The zero-order chi connectivity index (χ0) is 13.8. The number of carboxylic acid groups (broad SMARTS) is 1. The third kappa shape index (κ3) is 4.01. The lowest BCUT2D eigenvalue weighted by molar-refractivity contribution is -0.131. The molecule has 1 unspecified atom stereocenters. The number of thioether (sulfide) groups is 1. The summed E-state index contributed by atoms with van der Waals surface area (Å²) in [5.41, 5.74) is 2.07. The number of carboxylic acids is 1. The van der Waals surface area contributed by atoms with Gasteiger partial charge in [-0.3, -0.25) is 0 Å². The largest absolute Gasteiger partial charge is 0.478 e. The summed E-state index contributed by atoms with van der Waals surface area (Å²) in [6.45, 7) is 4.36. The minimum atomic E-state index is -0.933. The van der Waals surface area contributed by atoms with E-state index in [0.717, 1.165) is 35.0 Å². The number of aliphatic carboxylic acids is 1. The molecule has 1 aromatic carbocycles. The van der Waals surface area contributed by atoms with Gasteiger partial charge in [-0.2, -0.15) is 11.8 Å². The molecular formula is C14H16BrNO2S. The highest BCUT2D eigenvalue weighted by atomic mass is 79.9. The molecule has 0 aliphatic carbocycles. The SMILES string of the molecule is CC1CN(c2ccc(/C=C/C(=O)O)c(Br)c2)CCS1. The maximum atomic E-state index is 10.5. The molecular weight excluding hydrogens is 326 g/mol. The number of hydrogen-bond acceptors (Lipinski definition) is 3. The molecule has 1 aromatic rings. The van der Waals surface area contributed by atoms with E-state index in [1.807, 2.05) is 17.8 Å². The van der Waals surface area contributed by atoms with Gasteiger partial charge in [0, 0.05) is 40.3 Å². The highest BCUT2D eigenvalue weighted by Gasteiger charge is 2.17. The Morgan fingerprint density at radius 3 is 3.00 bits per heavy atom. The molecule has 2 rings (SSSR count). The molecule has 1 aliphatic rings.